The molecule has 1 amide bonds. The van der Waals surface area contributed by atoms with E-state index in [1.807, 2.05) is 0 Å². The summed E-state index contributed by atoms with van der Waals surface area (Å²) in [6.45, 7) is 5.74. The molecule has 0 aliphatic rings. The van der Waals surface area contributed by atoms with Gasteiger partial charge in [0, 0.05) is 19.2 Å². The van der Waals surface area contributed by atoms with E-state index in [1.165, 1.54) is 10.9 Å². The Morgan fingerprint density at radius 2 is 2.21 bits per heavy atom. The molecule has 1 rings (SSSR count). The Hall–Kier alpha value is -1.89. The van der Waals surface area contributed by atoms with Crippen LogP contribution in [0.2, 0.25) is 0 Å². The molecule has 1 aromatic heterocycles. The number of carbonyl (C=O) groups excluding carboxylic acids is 2. The van der Waals surface area contributed by atoms with Crippen molar-refractivity contribution in [3.8, 4) is 0 Å². The number of amides is 1. The van der Waals surface area contributed by atoms with E-state index >= 15 is 0 Å². The Kier molecular flexibility index (Phi) is 5.05. The molecule has 0 atom stereocenters. The number of aromatic nitrogens is 2. The van der Waals surface area contributed by atoms with Gasteiger partial charge >= 0.3 is 5.97 Å². The number of esters is 1. The second kappa shape index (κ2) is 6.33. The van der Waals surface area contributed by atoms with Gasteiger partial charge in [-0.2, -0.15) is 5.10 Å². The van der Waals surface area contributed by atoms with Crippen LogP contribution in [0.25, 0.3) is 0 Å². The summed E-state index contributed by atoms with van der Waals surface area (Å²) in [6, 6.07) is 0. The molecule has 0 radical (unpaired) electrons. The van der Waals surface area contributed by atoms with Gasteiger partial charge in [0.25, 0.3) is 0 Å². The Labute approximate surface area is 112 Å². The fourth-order valence-corrected chi connectivity index (χ4v) is 1.45. The average molecular weight is 268 g/mol. The van der Waals surface area contributed by atoms with Gasteiger partial charge in [-0.3, -0.25) is 9.48 Å². The van der Waals surface area contributed by atoms with Crippen LogP contribution in [0, 0.1) is 0 Å². The van der Waals surface area contributed by atoms with Crippen LogP contribution in [0.5, 0.6) is 0 Å². The van der Waals surface area contributed by atoms with Gasteiger partial charge in [0.05, 0.1) is 18.5 Å². The highest BCUT2D eigenvalue weighted by Crippen LogP contribution is 2.18. The van der Waals surface area contributed by atoms with E-state index in [0.717, 1.165) is 0 Å². The van der Waals surface area contributed by atoms with Crippen LogP contribution in [0.15, 0.2) is 12.4 Å². The number of carbonyl (C=O) groups is 2. The van der Waals surface area contributed by atoms with Crippen LogP contribution in [0.3, 0.4) is 0 Å². The van der Waals surface area contributed by atoms with Crippen LogP contribution in [0.1, 0.15) is 27.2 Å². The minimum absolute atomic E-state index is 0.184. The Morgan fingerprint density at radius 3 is 2.79 bits per heavy atom. The van der Waals surface area contributed by atoms with Crippen molar-refractivity contribution in [1.29, 1.82) is 0 Å². The summed E-state index contributed by atoms with van der Waals surface area (Å²) >= 11 is 0. The molecular formula is C12H20N4O3. The second-order valence-corrected chi connectivity index (χ2v) is 4.54. The maximum Gasteiger partial charge on any atom is 0.333 e. The Morgan fingerprint density at radius 1 is 1.53 bits per heavy atom. The van der Waals surface area contributed by atoms with Gasteiger partial charge in [-0.25, -0.2) is 4.79 Å². The highest BCUT2D eigenvalue weighted by atomic mass is 16.5. The lowest BCUT2D eigenvalue weighted by Crippen LogP contribution is -2.37. The average Bonchev–Trinajstić information content (AvgIpc) is 2.78. The van der Waals surface area contributed by atoms with Gasteiger partial charge in [0.1, 0.15) is 0 Å². The minimum atomic E-state index is -0.924. The summed E-state index contributed by atoms with van der Waals surface area (Å²) in [5.74, 6) is -0.561. The largest absolute Gasteiger partial charge is 0.464 e. The molecule has 1 aromatic rings. The summed E-state index contributed by atoms with van der Waals surface area (Å²) in [7, 11) is 0. The van der Waals surface area contributed by atoms with Crippen molar-refractivity contribution in [2.45, 2.75) is 32.7 Å². The standard InChI is InChI=1S/C12H20N4O3/c1-4-19-11(18)12(2,3)16-8-9(7-14-16)15-10(17)5-6-13/h7-8H,4-6,13H2,1-3H3,(H,15,17). The lowest BCUT2D eigenvalue weighted by molar-refractivity contribution is -0.152. The summed E-state index contributed by atoms with van der Waals surface area (Å²) in [4.78, 5) is 23.2. The lowest BCUT2D eigenvalue weighted by Gasteiger charge is -2.22. The van der Waals surface area contributed by atoms with Crippen LogP contribution in [-0.4, -0.2) is 34.8 Å². The van der Waals surface area contributed by atoms with Crippen LogP contribution in [-0.2, 0) is 19.9 Å². The molecule has 0 unspecified atom stereocenters. The number of rotatable bonds is 6. The molecule has 19 heavy (non-hydrogen) atoms. The molecule has 0 aliphatic heterocycles. The third-order valence-electron chi connectivity index (χ3n) is 2.59. The van der Waals surface area contributed by atoms with Gasteiger partial charge in [-0.05, 0) is 20.8 Å². The van der Waals surface area contributed by atoms with Crippen molar-refractivity contribution in [1.82, 2.24) is 9.78 Å². The third kappa shape index (κ3) is 3.78. The van der Waals surface area contributed by atoms with Crippen molar-refractivity contribution in [2.75, 3.05) is 18.5 Å². The molecule has 0 saturated carbocycles. The SMILES string of the molecule is CCOC(=O)C(C)(C)n1cc(NC(=O)CCN)cn1. The molecule has 0 spiro atoms. The minimum Gasteiger partial charge on any atom is -0.464 e. The summed E-state index contributed by atoms with van der Waals surface area (Å²) in [5.41, 5.74) is 4.89. The monoisotopic (exact) mass is 268 g/mol. The zero-order chi connectivity index (χ0) is 14.5. The van der Waals surface area contributed by atoms with Crippen molar-refractivity contribution < 1.29 is 14.3 Å². The Bertz CT molecular complexity index is 454. The molecule has 1 heterocycles. The zero-order valence-electron chi connectivity index (χ0n) is 11.5. The highest BCUT2D eigenvalue weighted by Gasteiger charge is 2.32. The first kappa shape index (κ1) is 15.2. The van der Waals surface area contributed by atoms with Crippen LogP contribution >= 0.6 is 0 Å². The van der Waals surface area contributed by atoms with Crippen molar-refractivity contribution in [3.05, 3.63) is 12.4 Å². The van der Waals surface area contributed by atoms with E-state index < -0.39 is 5.54 Å². The maximum absolute atomic E-state index is 11.8. The number of hydrogen-bond acceptors (Lipinski definition) is 5. The van der Waals surface area contributed by atoms with Gasteiger partial charge in [0.2, 0.25) is 5.91 Å². The fraction of sp³-hybridized carbons (Fsp3) is 0.583. The topological polar surface area (TPSA) is 99.2 Å². The smallest absolute Gasteiger partial charge is 0.333 e. The number of nitrogens with one attached hydrogen (secondary N) is 1. The molecule has 0 fully saturated rings. The molecule has 0 aromatic carbocycles. The van der Waals surface area contributed by atoms with E-state index in [1.54, 1.807) is 27.0 Å². The first-order valence-corrected chi connectivity index (χ1v) is 6.14. The number of nitrogens with two attached hydrogens (primary N) is 1. The van der Waals surface area contributed by atoms with E-state index in [9.17, 15) is 9.59 Å². The fourth-order valence-electron chi connectivity index (χ4n) is 1.45. The summed E-state index contributed by atoms with van der Waals surface area (Å²) < 4.78 is 6.45. The summed E-state index contributed by atoms with van der Waals surface area (Å²) in [6.07, 6.45) is 3.31. The molecule has 0 aliphatic carbocycles. The first-order valence-electron chi connectivity index (χ1n) is 6.14. The van der Waals surface area contributed by atoms with E-state index in [2.05, 4.69) is 10.4 Å². The molecule has 0 saturated heterocycles. The predicted molar refractivity (Wildman–Crippen MR) is 70.5 cm³/mol. The lowest BCUT2D eigenvalue weighted by atomic mass is 10.1. The zero-order valence-corrected chi connectivity index (χ0v) is 11.5. The molecule has 7 heteroatoms. The molecular weight excluding hydrogens is 248 g/mol. The summed E-state index contributed by atoms with van der Waals surface area (Å²) in [5, 5.41) is 6.73. The molecule has 0 bridgehead atoms. The normalized spacial score (nSPS) is 11.2. The number of hydrogen-bond donors (Lipinski definition) is 2. The van der Waals surface area contributed by atoms with Gasteiger partial charge < -0.3 is 15.8 Å². The number of anilines is 1. The predicted octanol–water partition coefficient (Wildman–Crippen LogP) is 0.469. The van der Waals surface area contributed by atoms with E-state index in [4.69, 9.17) is 10.5 Å². The Balaban J connectivity index is 2.78. The molecule has 3 N–H and O–H groups in total. The van der Waals surface area contributed by atoms with Gasteiger partial charge in [0.15, 0.2) is 5.54 Å². The maximum atomic E-state index is 11.8. The number of ether oxygens (including phenoxy) is 1. The van der Waals surface area contributed by atoms with Gasteiger partial charge in [-0.1, -0.05) is 0 Å². The van der Waals surface area contributed by atoms with E-state index in [-0.39, 0.29) is 24.8 Å². The highest BCUT2D eigenvalue weighted by molar-refractivity contribution is 5.90. The quantitative estimate of drug-likeness (QED) is 0.730. The van der Waals surface area contributed by atoms with Crippen LogP contribution < -0.4 is 11.1 Å². The number of nitrogens with zero attached hydrogens (tertiary/aromatic N) is 2. The van der Waals surface area contributed by atoms with Gasteiger partial charge in [-0.15, -0.1) is 0 Å². The van der Waals surface area contributed by atoms with E-state index in [0.29, 0.717) is 12.3 Å². The second-order valence-electron chi connectivity index (χ2n) is 4.54. The first-order chi connectivity index (χ1) is 8.91. The van der Waals surface area contributed by atoms with Crippen LogP contribution in [0.4, 0.5) is 5.69 Å². The molecule has 106 valence electrons. The van der Waals surface area contributed by atoms with Crippen molar-refractivity contribution in [3.63, 3.8) is 0 Å². The third-order valence-corrected chi connectivity index (χ3v) is 2.59. The van der Waals surface area contributed by atoms with Crippen molar-refractivity contribution >= 4 is 17.6 Å². The van der Waals surface area contributed by atoms with Crippen molar-refractivity contribution in [2.24, 2.45) is 5.73 Å². The molecule has 7 nitrogen and oxygen atoms in total.